The monoisotopic (exact) mass is 180 g/mol. The smallest absolute Gasteiger partial charge is 0.213 e. The predicted octanol–water partition coefficient (Wildman–Crippen LogP) is 1.75. The molecule has 13 heavy (non-hydrogen) atoms. The fourth-order valence-corrected chi connectivity index (χ4v) is 1.07. The van der Waals surface area contributed by atoms with E-state index in [1.54, 1.807) is 7.11 Å². The molecule has 0 fully saturated rings. The Bertz CT molecular complexity index is 273. The second-order valence-corrected chi connectivity index (χ2v) is 3.37. The van der Waals surface area contributed by atoms with Crippen LogP contribution in [0.5, 0.6) is 5.88 Å². The summed E-state index contributed by atoms with van der Waals surface area (Å²) in [7, 11) is 1.60. The van der Waals surface area contributed by atoms with Gasteiger partial charge in [0, 0.05) is 12.1 Å². The van der Waals surface area contributed by atoms with E-state index < -0.39 is 0 Å². The summed E-state index contributed by atoms with van der Waals surface area (Å²) in [5, 5.41) is 0. The number of pyridine rings is 1. The van der Waals surface area contributed by atoms with Crippen LogP contribution in [0.25, 0.3) is 0 Å². The summed E-state index contributed by atoms with van der Waals surface area (Å²) in [6.07, 6.45) is 0. The average molecular weight is 180 g/mol. The normalized spacial score (nSPS) is 13.0. The molecule has 0 bridgehead atoms. The molecule has 3 heteroatoms. The molecule has 1 atom stereocenters. The van der Waals surface area contributed by atoms with Crippen LogP contribution in [-0.4, -0.2) is 12.1 Å². The molecule has 0 saturated carbocycles. The number of hydrogen-bond donors (Lipinski definition) is 1. The van der Waals surface area contributed by atoms with Crippen LogP contribution in [0.1, 0.15) is 25.6 Å². The van der Waals surface area contributed by atoms with Gasteiger partial charge in [-0.3, -0.25) is 0 Å². The maximum absolute atomic E-state index is 5.94. The van der Waals surface area contributed by atoms with Crippen LogP contribution in [0.15, 0.2) is 18.2 Å². The van der Waals surface area contributed by atoms with E-state index in [2.05, 4.69) is 18.8 Å². The molecule has 72 valence electrons. The Hall–Kier alpha value is -1.09. The molecular weight excluding hydrogens is 164 g/mol. The number of methoxy groups -OCH3 is 1. The van der Waals surface area contributed by atoms with E-state index in [0.29, 0.717) is 11.8 Å². The zero-order valence-corrected chi connectivity index (χ0v) is 8.32. The Morgan fingerprint density at radius 3 is 2.62 bits per heavy atom. The Kier molecular flexibility index (Phi) is 3.25. The first-order valence-corrected chi connectivity index (χ1v) is 4.41. The first-order valence-electron chi connectivity index (χ1n) is 4.41. The predicted molar refractivity (Wildman–Crippen MR) is 52.6 cm³/mol. The molecule has 0 saturated heterocycles. The van der Waals surface area contributed by atoms with E-state index in [-0.39, 0.29) is 6.04 Å². The molecule has 0 aliphatic carbocycles. The molecule has 1 aromatic rings. The van der Waals surface area contributed by atoms with Gasteiger partial charge in [-0.2, -0.15) is 0 Å². The zero-order valence-electron chi connectivity index (χ0n) is 8.32. The molecule has 0 spiro atoms. The van der Waals surface area contributed by atoms with Crippen LogP contribution in [-0.2, 0) is 0 Å². The second kappa shape index (κ2) is 4.23. The summed E-state index contributed by atoms with van der Waals surface area (Å²) in [4.78, 5) is 4.27. The summed E-state index contributed by atoms with van der Waals surface area (Å²) < 4.78 is 5.02. The molecular formula is C10H16N2O. The molecule has 0 unspecified atom stereocenters. The lowest BCUT2D eigenvalue weighted by atomic mass is 10.0. The van der Waals surface area contributed by atoms with Crippen LogP contribution in [0.3, 0.4) is 0 Å². The van der Waals surface area contributed by atoms with Crippen LogP contribution in [0, 0.1) is 5.92 Å². The number of ether oxygens (including phenoxy) is 1. The minimum atomic E-state index is -0.0184. The molecule has 2 N–H and O–H groups in total. The van der Waals surface area contributed by atoms with Crippen LogP contribution in [0.4, 0.5) is 0 Å². The number of aromatic nitrogens is 1. The Morgan fingerprint density at radius 2 is 2.08 bits per heavy atom. The van der Waals surface area contributed by atoms with E-state index in [1.165, 1.54) is 0 Å². The Morgan fingerprint density at radius 1 is 1.38 bits per heavy atom. The highest BCUT2D eigenvalue weighted by atomic mass is 16.5. The van der Waals surface area contributed by atoms with Gasteiger partial charge in [-0.25, -0.2) is 4.98 Å². The summed E-state index contributed by atoms with van der Waals surface area (Å²) in [5.41, 5.74) is 6.83. The van der Waals surface area contributed by atoms with Crippen molar-refractivity contribution in [2.24, 2.45) is 11.7 Å². The van der Waals surface area contributed by atoms with Crippen molar-refractivity contribution in [2.45, 2.75) is 19.9 Å². The van der Waals surface area contributed by atoms with Gasteiger partial charge in [0.15, 0.2) is 0 Å². The summed E-state index contributed by atoms with van der Waals surface area (Å²) in [6, 6.07) is 5.63. The minimum absolute atomic E-state index is 0.0184. The molecule has 0 amide bonds. The largest absolute Gasteiger partial charge is 0.481 e. The molecule has 3 nitrogen and oxygen atoms in total. The maximum Gasteiger partial charge on any atom is 0.213 e. The van der Waals surface area contributed by atoms with Crippen molar-refractivity contribution in [3.05, 3.63) is 23.9 Å². The fraction of sp³-hybridized carbons (Fsp3) is 0.500. The van der Waals surface area contributed by atoms with Gasteiger partial charge < -0.3 is 10.5 Å². The van der Waals surface area contributed by atoms with E-state index in [9.17, 15) is 0 Å². The van der Waals surface area contributed by atoms with E-state index in [1.807, 2.05) is 18.2 Å². The fourth-order valence-electron chi connectivity index (χ4n) is 1.07. The SMILES string of the molecule is COc1cccc([C@@H](N)C(C)C)n1. The van der Waals surface area contributed by atoms with Crippen molar-refractivity contribution in [3.63, 3.8) is 0 Å². The molecule has 0 aliphatic heterocycles. The number of rotatable bonds is 3. The molecule has 0 aliphatic rings. The Balaban J connectivity index is 2.88. The standard InChI is InChI=1S/C10H16N2O/c1-7(2)10(11)8-5-4-6-9(12-8)13-3/h4-7,10H,11H2,1-3H3/t10-/m0/s1. The highest BCUT2D eigenvalue weighted by Crippen LogP contribution is 2.18. The lowest BCUT2D eigenvalue weighted by Crippen LogP contribution is -2.18. The zero-order chi connectivity index (χ0) is 9.84. The van der Waals surface area contributed by atoms with Crippen molar-refractivity contribution >= 4 is 0 Å². The molecule has 0 radical (unpaired) electrons. The topological polar surface area (TPSA) is 48.1 Å². The molecule has 1 aromatic heterocycles. The van der Waals surface area contributed by atoms with Crippen molar-refractivity contribution in [1.29, 1.82) is 0 Å². The van der Waals surface area contributed by atoms with Gasteiger partial charge in [0.05, 0.1) is 12.8 Å². The van der Waals surface area contributed by atoms with Crippen LogP contribution < -0.4 is 10.5 Å². The lowest BCUT2D eigenvalue weighted by Gasteiger charge is -2.15. The van der Waals surface area contributed by atoms with E-state index >= 15 is 0 Å². The summed E-state index contributed by atoms with van der Waals surface area (Å²) in [5.74, 6) is 1.01. The number of nitrogens with zero attached hydrogens (tertiary/aromatic N) is 1. The van der Waals surface area contributed by atoms with Crippen molar-refractivity contribution < 1.29 is 4.74 Å². The second-order valence-electron chi connectivity index (χ2n) is 3.37. The Labute approximate surface area is 78.9 Å². The first kappa shape index (κ1) is 9.99. The third kappa shape index (κ3) is 2.42. The number of nitrogens with two attached hydrogens (primary N) is 1. The van der Waals surface area contributed by atoms with Gasteiger partial charge in [-0.15, -0.1) is 0 Å². The van der Waals surface area contributed by atoms with Gasteiger partial charge >= 0.3 is 0 Å². The molecule has 1 heterocycles. The van der Waals surface area contributed by atoms with E-state index in [0.717, 1.165) is 5.69 Å². The average Bonchev–Trinajstić information content (AvgIpc) is 2.16. The van der Waals surface area contributed by atoms with Crippen LogP contribution in [0.2, 0.25) is 0 Å². The lowest BCUT2D eigenvalue weighted by molar-refractivity contribution is 0.391. The van der Waals surface area contributed by atoms with Crippen LogP contribution >= 0.6 is 0 Å². The third-order valence-electron chi connectivity index (χ3n) is 2.01. The van der Waals surface area contributed by atoms with Gasteiger partial charge in [-0.1, -0.05) is 19.9 Å². The first-order chi connectivity index (χ1) is 6.15. The highest BCUT2D eigenvalue weighted by Gasteiger charge is 2.11. The van der Waals surface area contributed by atoms with Crippen molar-refractivity contribution in [3.8, 4) is 5.88 Å². The maximum atomic E-state index is 5.94. The third-order valence-corrected chi connectivity index (χ3v) is 2.01. The van der Waals surface area contributed by atoms with Gasteiger partial charge in [0.2, 0.25) is 5.88 Å². The van der Waals surface area contributed by atoms with Crippen molar-refractivity contribution in [2.75, 3.05) is 7.11 Å². The summed E-state index contributed by atoms with van der Waals surface area (Å²) in [6.45, 7) is 4.15. The van der Waals surface area contributed by atoms with Crippen molar-refractivity contribution in [1.82, 2.24) is 4.98 Å². The number of hydrogen-bond acceptors (Lipinski definition) is 3. The quantitative estimate of drug-likeness (QED) is 0.770. The van der Waals surface area contributed by atoms with Gasteiger partial charge in [0.25, 0.3) is 0 Å². The van der Waals surface area contributed by atoms with Gasteiger partial charge in [0.1, 0.15) is 0 Å². The molecule has 0 aromatic carbocycles. The summed E-state index contributed by atoms with van der Waals surface area (Å²) >= 11 is 0. The molecule has 1 rings (SSSR count). The highest BCUT2D eigenvalue weighted by molar-refractivity contribution is 5.18. The van der Waals surface area contributed by atoms with E-state index in [4.69, 9.17) is 10.5 Å². The minimum Gasteiger partial charge on any atom is -0.481 e. The van der Waals surface area contributed by atoms with Gasteiger partial charge in [-0.05, 0) is 12.0 Å².